The van der Waals surface area contributed by atoms with Gasteiger partial charge in [-0.2, -0.15) is 5.06 Å². The zero-order chi connectivity index (χ0) is 26.1. The van der Waals surface area contributed by atoms with Gasteiger partial charge < -0.3 is 15.6 Å². The molecule has 188 valence electrons. The third-order valence-corrected chi connectivity index (χ3v) is 6.25. The Morgan fingerprint density at radius 3 is 2.81 bits per heavy atom. The summed E-state index contributed by atoms with van der Waals surface area (Å²) in [5, 5.41) is 4.33. The Hall–Kier alpha value is -4.49. The Balaban J connectivity index is 1.43. The van der Waals surface area contributed by atoms with Crippen molar-refractivity contribution >= 4 is 28.6 Å². The zero-order valence-corrected chi connectivity index (χ0v) is 20.3. The molecule has 0 radical (unpaired) electrons. The largest absolute Gasteiger partial charge is 0.383 e. The van der Waals surface area contributed by atoms with Crippen molar-refractivity contribution in [3.63, 3.8) is 0 Å². The molecule has 5 rings (SSSR count). The summed E-state index contributed by atoms with van der Waals surface area (Å²) >= 11 is 0. The van der Waals surface area contributed by atoms with Gasteiger partial charge >= 0.3 is 6.03 Å². The van der Waals surface area contributed by atoms with E-state index in [0.29, 0.717) is 52.1 Å². The van der Waals surface area contributed by atoms with Crippen LogP contribution >= 0.6 is 0 Å². The molecule has 10 heteroatoms. The molecule has 1 aliphatic heterocycles. The maximum absolute atomic E-state index is 14.8. The highest BCUT2D eigenvalue weighted by atomic mass is 19.1. The molecular formula is C27H24F2N6O2. The van der Waals surface area contributed by atoms with Crippen molar-refractivity contribution in [1.82, 2.24) is 19.6 Å². The van der Waals surface area contributed by atoms with Crippen LogP contribution in [-0.4, -0.2) is 32.2 Å². The SMILES string of the molecule is CCn1cc(C#Cc2cc(NC(=O)N3OCC[C@@H]3c3cccc(F)c3)c(F)cc2C)c2c(N)ncnc21. The zero-order valence-electron chi connectivity index (χ0n) is 20.3. The predicted octanol–water partition coefficient (Wildman–Crippen LogP) is 4.93. The molecule has 3 N–H and O–H groups in total. The minimum absolute atomic E-state index is 0.0489. The number of hydroxylamine groups is 2. The van der Waals surface area contributed by atoms with Crippen molar-refractivity contribution in [2.24, 2.45) is 0 Å². The predicted molar refractivity (Wildman–Crippen MR) is 135 cm³/mol. The van der Waals surface area contributed by atoms with Gasteiger partial charge in [0.25, 0.3) is 0 Å². The van der Waals surface area contributed by atoms with E-state index in [1.54, 1.807) is 19.1 Å². The summed E-state index contributed by atoms with van der Waals surface area (Å²) in [4.78, 5) is 26.8. The molecule has 0 aliphatic carbocycles. The van der Waals surface area contributed by atoms with Gasteiger partial charge in [0.2, 0.25) is 0 Å². The monoisotopic (exact) mass is 502 g/mol. The molecule has 3 heterocycles. The van der Waals surface area contributed by atoms with Crippen molar-refractivity contribution in [2.75, 3.05) is 17.7 Å². The van der Waals surface area contributed by atoms with Gasteiger partial charge in [-0.1, -0.05) is 24.0 Å². The molecule has 1 atom stereocenters. The molecule has 1 fully saturated rings. The molecular weight excluding hydrogens is 478 g/mol. The molecule has 8 nitrogen and oxygen atoms in total. The van der Waals surface area contributed by atoms with Gasteiger partial charge in [-0.3, -0.25) is 4.84 Å². The summed E-state index contributed by atoms with van der Waals surface area (Å²) in [5.41, 5.74) is 9.07. The molecule has 2 amide bonds. The third-order valence-electron chi connectivity index (χ3n) is 6.25. The summed E-state index contributed by atoms with van der Waals surface area (Å²) < 4.78 is 30.5. The van der Waals surface area contributed by atoms with Crippen molar-refractivity contribution in [3.8, 4) is 11.8 Å². The summed E-state index contributed by atoms with van der Waals surface area (Å²) in [6, 6.07) is 7.60. The Labute approximate surface area is 212 Å². The number of hydrogen-bond donors (Lipinski definition) is 2. The van der Waals surface area contributed by atoms with Crippen LogP contribution in [0.2, 0.25) is 0 Å². The molecule has 4 aromatic rings. The number of nitrogens with zero attached hydrogens (tertiary/aromatic N) is 4. The van der Waals surface area contributed by atoms with Crippen LogP contribution in [0.1, 0.15) is 41.6 Å². The molecule has 2 aromatic heterocycles. The lowest BCUT2D eigenvalue weighted by Gasteiger charge is -2.23. The van der Waals surface area contributed by atoms with E-state index in [0.717, 1.165) is 5.06 Å². The van der Waals surface area contributed by atoms with E-state index in [4.69, 9.17) is 10.6 Å². The topological polar surface area (TPSA) is 98.3 Å². The lowest BCUT2D eigenvalue weighted by Crippen LogP contribution is -2.33. The van der Waals surface area contributed by atoms with Crippen LogP contribution in [0.4, 0.5) is 25.1 Å². The fraction of sp³-hybridized carbons (Fsp3) is 0.222. The van der Waals surface area contributed by atoms with Gasteiger partial charge in [-0.25, -0.2) is 23.5 Å². The van der Waals surface area contributed by atoms with E-state index in [1.165, 1.54) is 30.6 Å². The van der Waals surface area contributed by atoms with Gasteiger partial charge in [-0.05, 0) is 49.2 Å². The molecule has 37 heavy (non-hydrogen) atoms. The number of fused-ring (bicyclic) bond motifs is 1. The molecule has 1 saturated heterocycles. The second-order valence-electron chi connectivity index (χ2n) is 8.63. The Kier molecular flexibility index (Phi) is 6.46. The first kappa shape index (κ1) is 24.2. The van der Waals surface area contributed by atoms with Gasteiger partial charge in [-0.15, -0.1) is 0 Å². The van der Waals surface area contributed by atoms with Crippen molar-refractivity contribution in [2.45, 2.75) is 32.9 Å². The molecule has 0 saturated carbocycles. The summed E-state index contributed by atoms with van der Waals surface area (Å²) in [5.74, 6) is 5.45. The first-order valence-electron chi connectivity index (χ1n) is 11.8. The number of halogens is 2. The van der Waals surface area contributed by atoms with Crippen LogP contribution in [0, 0.1) is 30.4 Å². The number of nitrogen functional groups attached to an aromatic ring is 1. The maximum atomic E-state index is 14.8. The molecule has 1 aliphatic rings. The molecule has 0 unspecified atom stereocenters. The van der Waals surface area contributed by atoms with Gasteiger partial charge in [0.1, 0.15) is 29.4 Å². The Morgan fingerprint density at radius 2 is 2.03 bits per heavy atom. The Morgan fingerprint density at radius 1 is 1.22 bits per heavy atom. The first-order chi connectivity index (χ1) is 17.9. The number of amides is 2. The van der Waals surface area contributed by atoms with E-state index in [-0.39, 0.29) is 12.3 Å². The number of carbonyl (C=O) groups is 1. The number of nitrogens with one attached hydrogen (secondary N) is 1. The fourth-order valence-electron chi connectivity index (χ4n) is 4.38. The maximum Gasteiger partial charge on any atom is 0.346 e. The number of carbonyl (C=O) groups excluding carboxylic acids is 1. The van der Waals surface area contributed by atoms with E-state index in [9.17, 15) is 13.6 Å². The van der Waals surface area contributed by atoms with Gasteiger partial charge in [0, 0.05) is 24.7 Å². The molecule has 0 bridgehead atoms. The minimum atomic E-state index is -0.663. The van der Waals surface area contributed by atoms with Crippen LogP contribution in [0.5, 0.6) is 0 Å². The smallest absolute Gasteiger partial charge is 0.346 e. The van der Waals surface area contributed by atoms with Crippen LogP contribution in [0.15, 0.2) is 48.9 Å². The van der Waals surface area contributed by atoms with Crippen LogP contribution in [-0.2, 0) is 11.4 Å². The number of hydrogen-bond acceptors (Lipinski definition) is 5. The quantitative estimate of drug-likeness (QED) is 0.387. The summed E-state index contributed by atoms with van der Waals surface area (Å²) in [6.45, 7) is 4.67. The van der Waals surface area contributed by atoms with E-state index in [2.05, 4.69) is 27.1 Å². The molecule has 2 aromatic carbocycles. The van der Waals surface area contributed by atoms with E-state index < -0.39 is 23.7 Å². The number of benzene rings is 2. The van der Waals surface area contributed by atoms with Crippen LogP contribution in [0.3, 0.4) is 0 Å². The minimum Gasteiger partial charge on any atom is -0.383 e. The Bertz CT molecular complexity index is 1570. The number of anilines is 2. The van der Waals surface area contributed by atoms with Crippen molar-refractivity contribution in [3.05, 3.63) is 82.8 Å². The number of aromatic nitrogens is 3. The highest BCUT2D eigenvalue weighted by molar-refractivity contribution is 5.92. The standard InChI is InChI=1S/C27H24F2N6O2/c1-3-34-14-19(24-25(30)31-15-32-26(24)34)8-7-17-13-22(21(29)11-16(17)2)33-27(36)35-23(9-10-37-35)18-5-4-6-20(28)12-18/h4-6,11-15,23H,3,9-10H2,1-2H3,(H,33,36)(H2,30,31,32)/t23-/m1/s1. The number of nitrogens with two attached hydrogens (primary N) is 1. The van der Waals surface area contributed by atoms with E-state index >= 15 is 0 Å². The number of urea groups is 1. The first-order valence-corrected chi connectivity index (χ1v) is 11.8. The van der Waals surface area contributed by atoms with Gasteiger partial charge in [0.15, 0.2) is 0 Å². The lowest BCUT2D eigenvalue weighted by molar-refractivity contribution is -0.0830. The average molecular weight is 503 g/mol. The number of rotatable bonds is 3. The van der Waals surface area contributed by atoms with Gasteiger partial charge in [0.05, 0.1) is 29.3 Å². The van der Waals surface area contributed by atoms with Crippen molar-refractivity contribution in [1.29, 1.82) is 0 Å². The lowest BCUT2D eigenvalue weighted by atomic mass is 10.0. The summed E-state index contributed by atoms with van der Waals surface area (Å²) in [6.07, 6.45) is 3.74. The second-order valence-corrected chi connectivity index (χ2v) is 8.63. The van der Waals surface area contributed by atoms with Crippen LogP contribution in [0.25, 0.3) is 11.0 Å². The summed E-state index contributed by atoms with van der Waals surface area (Å²) in [7, 11) is 0. The second kappa shape index (κ2) is 9.87. The van der Waals surface area contributed by atoms with E-state index in [1.807, 2.05) is 17.7 Å². The fourth-order valence-corrected chi connectivity index (χ4v) is 4.38. The average Bonchev–Trinajstić information content (AvgIpc) is 3.51. The molecule has 0 spiro atoms. The van der Waals surface area contributed by atoms with Crippen molar-refractivity contribution < 1.29 is 18.4 Å². The van der Waals surface area contributed by atoms with Crippen LogP contribution < -0.4 is 11.1 Å². The third kappa shape index (κ3) is 4.69. The highest BCUT2D eigenvalue weighted by Gasteiger charge is 2.32. The number of aryl methyl sites for hydroxylation is 2. The normalized spacial score (nSPS) is 15.0. The highest BCUT2D eigenvalue weighted by Crippen LogP contribution is 2.32.